The zero-order valence-electron chi connectivity index (χ0n) is 12.6. The third kappa shape index (κ3) is 4.24. The second-order valence-corrected chi connectivity index (χ2v) is 6.53. The summed E-state index contributed by atoms with van der Waals surface area (Å²) in [6.45, 7) is 3.87. The molecular weight excluding hydrogens is 333 g/mol. The normalized spacial score (nSPS) is 20.0. The molecule has 2 aliphatic rings. The molecule has 3 rings (SSSR count). The zero-order chi connectivity index (χ0) is 16.3. The predicted octanol–water partition coefficient (Wildman–Crippen LogP) is 1.69. The van der Waals surface area contributed by atoms with Crippen molar-refractivity contribution in [3.05, 3.63) is 0 Å². The minimum Gasteiger partial charge on any atom is -0.472 e. The van der Waals surface area contributed by atoms with Gasteiger partial charge < -0.3 is 19.7 Å². The van der Waals surface area contributed by atoms with Gasteiger partial charge in [-0.15, -0.1) is 4.37 Å². The van der Waals surface area contributed by atoms with Crippen LogP contribution in [-0.4, -0.2) is 60.9 Å². The highest BCUT2D eigenvalue weighted by molar-refractivity contribution is 6.99. The van der Waals surface area contributed by atoms with Gasteiger partial charge >= 0.3 is 6.18 Å². The van der Waals surface area contributed by atoms with Crippen LogP contribution in [-0.2, 0) is 4.74 Å². The minimum atomic E-state index is -4.19. The molecule has 1 N–H and O–H groups in total. The van der Waals surface area contributed by atoms with Crippen molar-refractivity contribution >= 4 is 17.5 Å². The number of anilines is 1. The van der Waals surface area contributed by atoms with E-state index in [1.807, 2.05) is 0 Å². The Morgan fingerprint density at radius 2 is 2.04 bits per heavy atom. The average molecular weight is 352 g/mol. The molecule has 6 nitrogen and oxygen atoms in total. The molecule has 0 radical (unpaired) electrons. The van der Waals surface area contributed by atoms with E-state index in [1.54, 1.807) is 0 Å². The Labute approximate surface area is 136 Å². The van der Waals surface area contributed by atoms with Crippen molar-refractivity contribution < 1.29 is 22.6 Å². The van der Waals surface area contributed by atoms with Crippen molar-refractivity contribution in [2.45, 2.75) is 19.0 Å². The molecule has 130 valence electrons. The molecule has 2 fully saturated rings. The lowest BCUT2D eigenvalue weighted by molar-refractivity contribution is -0.145. The first-order chi connectivity index (χ1) is 11.0. The lowest BCUT2D eigenvalue weighted by atomic mass is 9.79. The van der Waals surface area contributed by atoms with E-state index in [4.69, 9.17) is 9.47 Å². The molecule has 3 heterocycles. The van der Waals surface area contributed by atoms with Crippen LogP contribution in [0.1, 0.15) is 12.8 Å². The first kappa shape index (κ1) is 16.7. The van der Waals surface area contributed by atoms with E-state index in [-0.39, 0.29) is 19.8 Å². The summed E-state index contributed by atoms with van der Waals surface area (Å²) < 4.78 is 54.7. The molecule has 10 heteroatoms. The van der Waals surface area contributed by atoms with E-state index >= 15 is 0 Å². The fourth-order valence-corrected chi connectivity index (χ4v) is 3.45. The van der Waals surface area contributed by atoms with E-state index in [1.165, 1.54) is 6.42 Å². The summed E-state index contributed by atoms with van der Waals surface area (Å²) in [6.07, 6.45) is -3.96. The molecule has 1 aromatic heterocycles. The lowest BCUT2D eigenvalue weighted by Crippen LogP contribution is -2.57. The molecule has 1 spiro atoms. The molecule has 0 atom stereocenters. The van der Waals surface area contributed by atoms with Crippen molar-refractivity contribution in [2.75, 3.05) is 50.9 Å². The van der Waals surface area contributed by atoms with Crippen LogP contribution in [0.3, 0.4) is 0 Å². The number of alkyl halides is 3. The van der Waals surface area contributed by atoms with Crippen LogP contribution in [0.4, 0.5) is 19.0 Å². The average Bonchev–Trinajstić information content (AvgIpc) is 3.08. The summed E-state index contributed by atoms with van der Waals surface area (Å²) in [5.74, 6) is 1.16. The van der Waals surface area contributed by atoms with Crippen LogP contribution in [0.25, 0.3) is 0 Å². The number of hydrogen-bond acceptors (Lipinski definition) is 7. The van der Waals surface area contributed by atoms with Gasteiger partial charge in [-0.3, -0.25) is 0 Å². The number of aromatic nitrogens is 2. The number of rotatable bonds is 7. The predicted molar refractivity (Wildman–Crippen MR) is 79.0 cm³/mol. The Balaban J connectivity index is 1.38. The quantitative estimate of drug-likeness (QED) is 0.754. The van der Waals surface area contributed by atoms with Crippen molar-refractivity contribution in [1.82, 2.24) is 14.1 Å². The number of nitrogens with zero attached hydrogens (tertiary/aromatic N) is 3. The molecular formula is C13H19F3N4O2S. The molecule has 2 aliphatic heterocycles. The molecule has 1 aromatic rings. The minimum absolute atomic E-state index is 0.0981. The maximum absolute atomic E-state index is 12.0. The van der Waals surface area contributed by atoms with Gasteiger partial charge in [-0.25, -0.2) is 0 Å². The van der Waals surface area contributed by atoms with E-state index in [9.17, 15) is 13.2 Å². The number of ether oxygens (including phenoxy) is 2. The topological polar surface area (TPSA) is 59.5 Å². The van der Waals surface area contributed by atoms with Gasteiger partial charge in [0.15, 0.2) is 0 Å². The third-order valence-electron chi connectivity index (χ3n) is 4.12. The summed E-state index contributed by atoms with van der Waals surface area (Å²) in [6, 6.07) is 0. The third-order valence-corrected chi connectivity index (χ3v) is 4.62. The van der Waals surface area contributed by atoms with Crippen LogP contribution in [0, 0.1) is 5.41 Å². The molecule has 23 heavy (non-hydrogen) atoms. The van der Waals surface area contributed by atoms with Crippen LogP contribution >= 0.6 is 11.7 Å². The number of halogens is 3. The van der Waals surface area contributed by atoms with Gasteiger partial charge in [-0.05, 0) is 13.0 Å². The van der Waals surface area contributed by atoms with Gasteiger partial charge in [0.2, 0.25) is 5.82 Å². The molecule has 0 aromatic carbocycles. The van der Waals surface area contributed by atoms with Gasteiger partial charge in [-0.2, -0.15) is 17.5 Å². The highest BCUT2D eigenvalue weighted by Gasteiger charge is 2.46. The Kier molecular flexibility index (Phi) is 4.93. The number of nitrogens with one attached hydrogen (secondary N) is 1. The molecule has 0 saturated carbocycles. The highest BCUT2D eigenvalue weighted by Crippen LogP contribution is 2.41. The van der Waals surface area contributed by atoms with Gasteiger partial charge in [0.25, 0.3) is 5.88 Å². The molecule has 0 bridgehead atoms. The maximum atomic E-state index is 12.0. The maximum Gasteiger partial charge on any atom is 0.391 e. The molecule has 0 unspecified atom stereocenters. The van der Waals surface area contributed by atoms with Gasteiger partial charge in [0.1, 0.15) is 6.61 Å². The molecule has 0 amide bonds. The summed E-state index contributed by atoms with van der Waals surface area (Å²) in [7, 11) is 0. The first-order valence-corrected chi connectivity index (χ1v) is 8.26. The molecule has 0 aliphatic carbocycles. The van der Waals surface area contributed by atoms with Crippen molar-refractivity contribution in [3.63, 3.8) is 0 Å². The standard InChI is InChI=1S/C13H19F3N4O2S/c14-13(15,16)2-4-21-5-6-22-11-10(18-23-19-11)20-8-12(9-20)1-3-17-7-12/h17H,1-9H2. The highest BCUT2D eigenvalue weighted by atomic mass is 32.1. The van der Waals surface area contributed by atoms with Crippen molar-refractivity contribution in [1.29, 1.82) is 0 Å². The van der Waals surface area contributed by atoms with Gasteiger partial charge in [-0.1, -0.05) is 0 Å². The Hall–Kier alpha value is -1.13. The van der Waals surface area contributed by atoms with Gasteiger partial charge in [0.05, 0.1) is 31.4 Å². The first-order valence-electron chi connectivity index (χ1n) is 7.53. The number of hydrogen-bond donors (Lipinski definition) is 1. The summed E-state index contributed by atoms with van der Waals surface area (Å²) in [4.78, 5) is 2.14. The molecule has 2 saturated heterocycles. The summed E-state index contributed by atoms with van der Waals surface area (Å²) in [5.41, 5.74) is 0.349. The fourth-order valence-electron chi connectivity index (χ4n) is 2.93. The Bertz CT molecular complexity index is 512. The smallest absolute Gasteiger partial charge is 0.391 e. The van der Waals surface area contributed by atoms with E-state index < -0.39 is 12.6 Å². The van der Waals surface area contributed by atoms with Crippen LogP contribution < -0.4 is 15.0 Å². The summed E-state index contributed by atoms with van der Waals surface area (Å²) >= 11 is 1.07. The second kappa shape index (κ2) is 6.78. The lowest BCUT2D eigenvalue weighted by Gasteiger charge is -2.47. The van der Waals surface area contributed by atoms with Crippen LogP contribution in [0.15, 0.2) is 0 Å². The van der Waals surface area contributed by atoms with E-state index in [2.05, 4.69) is 19.0 Å². The van der Waals surface area contributed by atoms with Crippen molar-refractivity contribution in [3.8, 4) is 5.88 Å². The SMILES string of the molecule is FC(F)(F)CCOCCOc1nsnc1N1CC2(CCNC2)C1. The Morgan fingerprint density at radius 1 is 1.22 bits per heavy atom. The van der Waals surface area contributed by atoms with Gasteiger partial charge in [0, 0.05) is 25.0 Å². The van der Waals surface area contributed by atoms with Crippen LogP contribution in [0.2, 0.25) is 0 Å². The van der Waals surface area contributed by atoms with E-state index in [0.29, 0.717) is 11.3 Å². The van der Waals surface area contributed by atoms with Crippen molar-refractivity contribution in [2.24, 2.45) is 5.41 Å². The second-order valence-electron chi connectivity index (χ2n) is 6.00. The largest absolute Gasteiger partial charge is 0.472 e. The zero-order valence-corrected chi connectivity index (χ0v) is 13.4. The van der Waals surface area contributed by atoms with E-state index in [0.717, 1.165) is 43.7 Å². The Morgan fingerprint density at radius 3 is 2.74 bits per heavy atom. The van der Waals surface area contributed by atoms with Crippen LogP contribution in [0.5, 0.6) is 5.88 Å². The fraction of sp³-hybridized carbons (Fsp3) is 0.846. The summed E-state index contributed by atoms with van der Waals surface area (Å²) in [5, 5.41) is 3.37. The monoisotopic (exact) mass is 352 g/mol.